The van der Waals surface area contributed by atoms with E-state index in [4.69, 9.17) is 4.74 Å². The maximum atomic E-state index is 13.1. The highest BCUT2D eigenvalue weighted by atomic mass is 16.5. The average Bonchev–Trinajstić information content (AvgIpc) is 3.48. The summed E-state index contributed by atoms with van der Waals surface area (Å²) in [7, 11) is 1.66. The van der Waals surface area contributed by atoms with Gasteiger partial charge in [0.25, 0.3) is 0 Å². The lowest BCUT2D eigenvalue weighted by Gasteiger charge is -2.21. The molecule has 0 spiro atoms. The molecule has 1 fully saturated rings. The van der Waals surface area contributed by atoms with Crippen molar-refractivity contribution in [3.8, 4) is 5.75 Å². The number of benzene rings is 2. The van der Waals surface area contributed by atoms with E-state index in [1.54, 1.807) is 7.11 Å². The summed E-state index contributed by atoms with van der Waals surface area (Å²) in [6.07, 6.45) is 3.93. The van der Waals surface area contributed by atoms with Crippen molar-refractivity contribution in [2.45, 2.75) is 19.3 Å². The summed E-state index contributed by atoms with van der Waals surface area (Å²) >= 11 is 0. The molecule has 2 aliphatic heterocycles. The van der Waals surface area contributed by atoms with Crippen LogP contribution in [0.4, 0.5) is 5.69 Å². The Balaban J connectivity index is 1.26. The standard InChI is InChI=1S/C24H25N3O3/c1-30-19-6-7-21-20(13-19)17(14-25-21)8-10-26-15-18(12-23(26)28)24(29)27-11-9-16-4-2-3-5-22(16)27/h2-7,13-14,18,25H,8-12,15H2,1H3. The van der Waals surface area contributed by atoms with Gasteiger partial charge in [-0.05, 0) is 48.2 Å². The lowest BCUT2D eigenvalue weighted by molar-refractivity contribution is -0.128. The van der Waals surface area contributed by atoms with Crippen LogP contribution in [0.3, 0.4) is 0 Å². The van der Waals surface area contributed by atoms with Gasteiger partial charge in [-0.25, -0.2) is 0 Å². The van der Waals surface area contributed by atoms with Crippen molar-refractivity contribution in [1.29, 1.82) is 0 Å². The molecule has 30 heavy (non-hydrogen) atoms. The number of aromatic amines is 1. The highest BCUT2D eigenvalue weighted by Crippen LogP contribution is 2.31. The summed E-state index contributed by atoms with van der Waals surface area (Å²) in [6.45, 7) is 1.82. The number of hydrogen-bond acceptors (Lipinski definition) is 3. The van der Waals surface area contributed by atoms with Crippen molar-refractivity contribution in [2.24, 2.45) is 5.92 Å². The first-order valence-corrected chi connectivity index (χ1v) is 10.4. The number of fused-ring (bicyclic) bond motifs is 2. The topological polar surface area (TPSA) is 65.6 Å². The fourth-order valence-electron chi connectivity index (χ4n) is 4.69. The Morgan fingerprint density at radius 1 is 1.23 bits per heavy atom. The molecule has 0 radical (unpaired) electrons. The number of rotatable bonds is 5. The van der Waals surface area contributed by atoms with Gasteiger partial charge in [-0.2, -0.15) is 0 Å². The first-order chi connectivity index (χ1) is 14.6. The van der Waals surface area contributed by atoms with Gasteiger partial charge >= 0.3 is 0 Å². The van der Waals surface area contributed by atoms with E-state index in [2.05, 4.69) is 11.1 Å². The summed E-state index contributed by atoms with van der Waals surface area (Å²) < 4.78 is 5.34. The molecule has 2 amide bonds. The van der Waals surface area contributed by atoms with E-state index in [0.717, 1.165) is 40.7 Å². The number of anilines is 1. The van der Waals surface area contributed by atoms with E-state index in [9.17, 15) is 9.59 Å². The van der Waals surface area contributed by atoms with E-state index in [1.807, 2.05) is 52.4 Å². The summed E-state index contributed by atoms with van der Waals surface area (Å²) in [5.74, 6) is 0.703. The van der Waals surface area contributed by atoms with Crippen LogP contribution in [0.25, 0.3) is 10.9 Å². The minimum Gasteiger partial charge on any atom is -0.497 e. The molecule has 3 heterocycles. The molecule has 6 heteroatoms. The summed E-state index contributed by atoms with van der Waals surface area (Å²) in [6, 6.07) is 14.0. The Morgan fingerprint density at radius 2 is 2.10 bits per heavy atom. The van der Waals surface area contributed by atoms with Crippen molar-refractivity contribution < 1.29 is 14.3 Å². The number of ether oxygens (including phenoxy) is 1. The molecule has 2 aliphatic rings. The van der Waals surface area contributed by atoms with Crippen LogP contribution in [0, 0.1) is 5.92 Å². The van der Waals surface area contributed by atoms with Crippen molar-refractivity contribution in [3.63, 3.8) is 0 Å². The number of H-pyrrole nitrogens is 1. The predicted molar refractivity (Wildman–Crippen MR) is 116 cm³/mol. The zero-order chi connectivity index (χ0) is 20.7. The summed E-state index contributed by atoms with van der Waals surface area (Å²) in [5, 5.41) is 1.11. The number of nitrogens with zero attached hydrogens (tertiary/aromatic N) is 2. The van der Waals surface area contributed by atoms with Crippen LogP contribution in [0.2, 0.25) is 0 Å². The lowest BCUT2D eigenvalue weighted by atomic mass is 10.1. The van der Waals surface area contributed by atoms with Crippen LogP contribution < -0.4 is 9.64 Å². The smallest absolute Gasteiger partial charge is 0.232 e. The van der Waals surface area contributed by atoms with Crippen molar-refractivity contribution in [1.82, 2.24) is 9.88 Å². The highest BCUT2D eigenvalue weighted by molar-refractivity contribution is 6.00. The number of para-hydroxylation sites is 1. The van der Waals surface area contributed by atoms with Crippen molar-refractivity contribution in [2.75, 3.05) is 31.6 Å². The molecular weight excluding hydrogens is 378 g/mol. The van der Waals surface area contributed by atoms with Gasteiger partial charge in [-0.15, -0.1) is 0 Å². The molecule has 1 N–H and O–H groups in total. The molecule has 6 nitrogen and oxygen atoms in total. The number of carbonyl (C=O) groups excluding carboxylic acids is 2. The molecule has 1 atom stereocenters. The fourth-order valence-corrected chi connectivity index (χ4v) is 4.69. The molecule has 0 aliphatic carbocycles. The molecule has 3 aromatic rings. The second-order valence-corrected chi connectivity index (χ2v) is 8.08. The Morgan fingerprint density at radius 3 is 2.97 bits per heavy atom. The minimum absolute atomic E-state index is 0.0678. The molecular formula is C24H25N3O3. The van der Waals surface area contributed by atoms with Gasteiger partial charge in [-0.3, -0.25) is 9.59 Å². The molecule has 1 aromatic heterocycles. The SMILES string of the molecule is COc1ccc2[nH]cc(CCN3CC(C(=O)N4CCc5ccccc54)CC3=O)c2c1. The van der Waals surface area contributed by atoms with Crippen LogP contribution in [-0.2, 0) is 22.4 Å². The number of carbonyl (C=O) groups is 2. The number of nitrogens with one attached hydrogen (secondary N) is 1. The van der Waals surface area contributed by atoms with Gasteiger partial charge < -0.3 is 19.5 Å². The van der Waals surface area contributed by atoms with E-state index >= 15 is 0 Å². The first kappa shape index (κ1) is 18.7. The second kappa shape index (κ2) is 7.52. The molecule has 154 valence electrons. The largest absolute Gasteiger partial charge is 0.497 e. The van der Waals surface area contributed by atoms with Crippen molar-refractivity contribution >= 4 is 28.4 Å². The fraction of sp³-hybridized carbons (Fsp3) is 0.333. The number of aromatic nitrogens is 1. The summed E-state index contributed by atoms with van der Waals surface area (Å²) in [5.41, 5.74) is 4.42. The molecule has 0 bridgehead atoms. The zero-order valence-corrected chi connectivity index (χ0v) is 17.1. The third kappa shape index (κ3) is 3.22. The van der Waals surface area contributed by atoms with Crippen LogP contribution >= 0.6 is 0 Å². The third-order valence-corrected chi connectivity index (χ3v) is 6.34. The molecule has 5 rings (SSSR count). The Labute approximate surface area is 175 Å². The van der Waals surface area contributed by atoms with Crippen LogP contribution in [0.1, 0.15) is 17.5 Å². The van der Waals surface area contributed by atoms with E-state index in [-0.39, 0.29) is 17.7 Å². The van der Waals surface area contributed by atoms with Crippen LogP contribution in [-0.4, -0.2) is 48.4 Å². The average molecular weight is 403 g/mol. The van der Waals surface area contributed by atoms with Gasteiger partial charge in [0, 0.05) is 48.8 Å². The number of amides is 2. The van der Waals surface area contributed by atoms with Gasteiger partial charge in [0.05, 0.1) is 13.0 Å². The maximum absolute atomic E-state index is 13.1. The minimum atomic E-state index is -0.258. The van der Waals surface area contributed by atoms with Gasteiger partial charge in [0.1, 0.15) is 5.75 Å². The third-order valence-electron chi connectivity index (χ3n) is 6.34. The molecule has 2 aromatic carbocycles. The highest BCUT2D eigenvalue weighted by Gasteiger charge is 2.38. The number of likely N-dealkylation sites (tertiary alicyclic amines) is 1. The number of hydrogen-bond donors (Lipinski definition) is 1. The van der Waals surface area contributed by atoms with E-state index < -0.39 is 0 Å². The Kier molecular flexibility index (Phi) is 4.69. The van der Waals surface area contributed by atoms with E-state index in [1.165, 1.54) is 5.56 Å². The summed E-state index contributed by atoms with van der Waals surface area (Å²) in [4.78, 5) is 32.7. The second-order valence-electron chi connectivity index (χ2n) is 8.08. The number of methoxy groups -OCH3 is 1. The van der Waals surface area contributed by atoms with Gasteiger partial charge in [0.2, 0.25) is 11.8 Å². The molecule has 1 saturated heterocycles. The lowest BCUT2D eigenvalue weighted by Crippen LogP contribution is -2.36. The van der Waals surface area contributed by atoms with Gasteiger partial charge in [0.15, 0.2) is 0 Å². The first-order valence-electron chi connectivity index (χ1n) is 10.4. The predicted octanol–water partition coefficient (Wildman–Crippen LogP) is 3.16. The Bertz CT molecular complexity index is 1120. The molecule has 0 saturated carbocycles. The zero-order valence-electron chi connectivity index (χ0n) is 17.1. The van der Waals surface area contributed by atoms with Crippen LogP contribution in [0.5, 0.6) is 5.75 Å². The van der Waals surface area contributed by atoms with Gasteiger partial charge in [-0.1, -0.05) is 18.2 Å². The quantitative estimate of drug-likeness (QED) is 0.712. The monoisotopic (exact) mass is 403 g/mol. The Hall–Kier alpha value is -3.28. The van der Waals surface area contributed by atoms with E-state index in [0.29, 0.717) is 26.1 Å². The normalized spacial score (nSPS) is 18.3. The maximum Gasteiger partial charge on any atom is 0.232 e. The molecule has 1 unspecified atom stereocenters. The van der Waals surface area contributed by atoms with Crippen molar-refractivity contribution in [3.05, 3.63) is 59.8 Å². The van der Waals surface area contributed by atoms with Crippen LogP contribution in [0.15, 0.2) is 48.7 Å².